The van der Waals surface area contributed by atoms with E-state index in [1.165, 1.54) is 0 Å². The second-order valence-corrected chi connectivity index (χ2v) is 4.19. The number of aromatic nitrogens is 1. The van der Waals surface area contributed by atoms with Gasteiger partial charge in [0.25, 0.3) is 5.91 Å². The lowest BCUT2D eigenvalue weighted by Gasteiger charge is -2.07. The minimum atomic E-state index is -0.0697. The van der Waals surface area contributed by atoms with Crippen molar-refractivity contribution >= 4 is 5.91 Å². The van der Waals surface area contributed by atoms with Gasteiger partial charge in [0.2, 0.25) is 0 Å². The van der Waals surface area contributed by atoms with E-state index in [0.717, 1.165) is 11.3 Å². The zero-order valence-electron chi connectivity index (χ0n) is 10.4. The highest BCUT2D eigenvalue weighted by molar-refractivity contribution is 5.94. The van der Waals surface area contributed by atoms with Crippen LogP contribution >= 0.6 is 0 Å². The summed E-state index contributed by atoms with van der Waals surface area (Å²) >= 11 is 0. The molecule has 2 rings (SSSR count). The van der Waals surface area contributed by atoms with Crippen molar-refractivity contribution in [2.24, 2.45) is 12.8 Å². The summed E-state index contributed by atoms with van der Waals surface area (Å²) in [5, 5.41) is 2.89. The molecule has 1 aromatic carbocycles. The van der Waals surface area contributed by atoms with Gasteiger partial charge in [-0.2, -0.15) is 0 Å². The van der Waals surface area contributed by atoms with Crippen LogP contribution in [0.5, 0.6) is 0 Å². The molecular formula is C14H17N3O. The van der Waals surface area contributed by atoms with E-state index in [1.807, 2.05) is 42.1 Å². The summed E-state index contributed by atoms with van der Waals surface area (Å²) in [6.45, 7) is 1.02. The number of amides is 1. The second kappa shape index (κ2) is 5.51. The predicted molar refractivity (Wildman–Crippen MR) is 70.9 cm³/mol. The Morgan fingerprint density at radius 3 is 2.56 bits per heavy atom. The Labute approximate surface area is 106 Å². The van der Waals surface area contributed by atoms with E-state index >= 15 is 0 Å². The van der Waals surface area contributed by atoms with Gasteiger partial charge in [0.1, 0.15) is 0 Å². The molecule has 0 aliphatic rings. The van der Waals surface area contributed by atoms with E-state index in [9.17, 15) is 4.79 Å². The molecule has 1 amide bonds. The van der Waals surface area contributed by atoms with Gasteiger partial charge in [-0.05, 0) is 29.8 Å². The summed E-state index contributed by atoms with van der Waals surface area (Å²) in [6.07, 6.45) is 1.96. The number of nitrogens with zero attached hydrogens (tertiary/aromatic N) is 1. The zero-order valence-corrected chi connectivity index (χ0v) is 10.4. The van der Waals surface area contributed by atoms with Crippen molar-refractivity contribution in [3.63, 3.8) is 0 Å². The molecule has 0 atom stereocenters. The van der Waals surface area contributed by atoms with E-state index in [0.29, 0.717) is 18.7 Å². The number of nitrogens with two attached hydrogens (primary N) is 1. The highest BCUT2D eigenvalue weighted by atomic mass is 16.1. The van der Waals surface area contributed by atoms with Crippen LogP contribution in [0.3, 0.4) is 0 Å². The number of nitrogens with one attached hydrogen (secondary N) is 1. The number of carbonyl (C=O) groups is 1. The Bertz CT molecular complexity index is 528. The van der Waals surface area contributed by atoms with Gasteiger partial charge in [-0.25, -0.2) is 0 Å². The minimum absolute atomic E-state index is 0.0697. The Morgan fingerprint density at radius 2 is 2.00 bits per heavy atom. The van der Waals surface area contributed by atoms with Crippen LogP contribution in [-0.2, 0) is 20.1 Å². The van der Waals surface area contributed by atoms with Crippen molar-refractivity contribution < 1.29 is 4.79 Å². The fourth-order valence-electron chi connectivity index (χ4n) is 1.75. The summed E-state index contributed by atoms with van der Waals surface area (Å²) in [7, 11) is 1.96. The largest absolute Gasteiger partial charge is 0.353 e. The van der Waals surface area contributed by atoms with Gasteiger partial charge in [-0.1, -0.05) is 12.1 Å². The molecule has 0 bridgehead atoms. The van der Waals surface area contributed by atoms with Crippen LogP contribution in [0.1, 0.15) is 21.6 Å². The molecule has 3 N–H and O–H groups in total. The van der Waals surface area contributed by atoms with Crippen molar-refractivity contribution in [3.8, 4) is 0 Å². The highest BCUT2D eigenvalue weighted by Crippen LogP contribution is 2.05. The van der Waals surface area contributed by atoms with Gasteiger partial charge in [0, 0.05) is 31.0 Å². The van der Waals surface area contributed by atoms with Crippen LogP contribution in [0.15, 0.2) is 42.6 Å². The molecule has 0 unspecified atom stereocenters. The highest BCUT2D eigenvalue weighted by Gasteiger charge is 2.05. The van der Waals surface area contributed by atoms with E-state index in [1.54, 1.807) is 12.1 Å². The molecule has 94 valence electrons. The molecule has 0 fully saturated rings. The SMILES string of the molecule is Cn1cccc1CNC(=O)c1ccc(CN)cc1. The normalized spacial score (nSPS) is 10.3. The second-order valence-electron chi connectivity index (χ2n) is 4.19. The average molecular weight is 243 g/mol. The first-order valence-corrected chi connectivity index (χ1v) is 5.88. The maximum Gasteiger partial charge on any atom is 0.251 e. The lowest BCUT2D eigenvalue weighted by atomic mass is 10.1. The van der Waals surface area contributed by atoms with Crippen LogP contribution in [0.25, 0.3) is 0 Å². The molecule has 0 aliphatic carbocycles. The maximum atomic E-state index is 11.9. The summed E-state index contributed by atoms with van der Waals surface area (Å²) < 4.78 is 1.98. The van der Waals surface area contributed by atoms with Gasteiger partial charge in [0.05, 0.1) is 6.54 Å². The Kier molecular flexibility index (Phi) is 3.79. The van der Waals surface area contributed by atoms with E-state index in [-0.39, 0.29) is 5.91 Å². The van der Waals surface area contributed by atoms with Crippen molar-refractivity contribution in [1.29, 1.82) is 0 Å². The third-order valence-corrected chi connectivity index (χ3v) is 2.93. The fraction of sp³-hybridized carbons (Fsp3) is 0.214. The summed E-state index contributed by atoms with van der Waals surface area (Å²) in [5.74, 6) is -0.0697. The van der Waals surface area contributed by atoms with Gasteiger partial charge >= 0.3 is 0 Å². The average Bonchev–Trinajstić information content (AvgIpc) is 2.81. The van der Waals surface area contributed by atoms with Crippen molar-refractivity contribution in [1.82, 2.24) is 9.88 Å². The van der Waals surface area contributed by atoms with Gasteiger partial charge in [0.15, 0.2) is 0 Å². The van der Waals surface area contributed by atoms with Crippen molar-refractivity contribution in [2.75, 3.05) is 0 Å². The molecule has 0 aliphatic heterocycles. The summed E-state index contributed by atoms with van der Waals surface area (Å²) in [4.78, 5) is 11.9. The van der Waals surface area contributed by atoms with Gasteiger partial charge in [-0.15, -0.1) is 0 Å². The van der Waals surface area contributed by atoms with E-state index < -0.39 is 0 Å². The Balaban J connectivity index is 1.97. The number of aryl methyl sites for hydroxylation is 1. The van der Waals surface area contributed by atoms with Crippen LogP contribution in [0.4, 0.5) is 0 Å². The molecule has 2 aromatic rings. The van der Waals surface area contributed by atoms with E-state index in [4.69, 9.17) is 5.73 Å². The van der Waals surface area contributed by atoms with Crippen molar-refractivity contribution in [3.05, 3.63) is 59.4 Å². The van der Waals surface area contributed by atoms with Gasteiger partial charge < -0.3 is 15.6 Å². The number of hydrogen-bond donors (Lipinski definition) is 2. The molecule has 0 saturated carbocycles. The van der Waals surface area contributed by atoms with Crippen LogP contribution in [0, 0.1) is 0 Å². The molecule has 4 heteroatoms. The third-order valence-electron chi connectivity index (χ3n) is 2.93. The van der Waals surface area contributed by atoms with Gasteiger partial charge in [-0.3, -0.25) is 4.79 Å². The molecule has 0 radical (unpaired) electrons. The minimum Gasteiger partial charge on any atom is -0.353 e. The maximum absolute atomic E-state index is 11.9. The van der Waals surface area contributed by atoms with Crippen LogP contribution in [0.2, 0.25) is 0 Å². The molecule has 0 saturated heterocycles. The lowest BCUT2D eigenvalue weighted by Crippen LogP contribution is -2.23. The zero-order chi connectivity index (χ0) is 13.0. The van der Waals surface area contributed by atoms with E-state index in [2.05, 4.69) is 5.32 Å². The number of rotatable bonds is 4. The molecule has 1 heterocycles. The number of carbonyl (C=O) groups excluding carboxylic acids is 1. The lowest BCUT2D eigenvalue weighted by molar-refractivity contribution is 0.0950. The molecule has 4 nitrogen and oxygen atoms in total. The third kappa shape index (κ3) is 2.78. The smallest absolute Gasteiger partial charge is 0.251 e. The molecule has 1 aromatic heterocycles. The Hall–Kier alpha value is -2.07. The quantitative estimate of drug-likeness (QED) is 0.853. The van der Waals surface area contributed by atoms with Crippen LogP contribution in [-0.4, -0.2) is 10.5 Å². The topological polar surface area (TPSA) is 60.0 Å². The summed E-state index contributed by atoms with van der Waals surface area (Å²) in [5.41, 5.74) is 8.26. The molecular weight excluding hydrogens is 226 g/mol. The first-order chi connectivity index (χ1) is 8.70. The standard InChI is InChI=1S/C14H17N3O/c1-17-8-2-3-13(17)10-16-14(18)12-6-4-11(9-15)5-7-12/h2-8H,9-10,15H2,1H3,(H,16,18). The first-order valence-electron chi connectivity index (χ1n) is 5.88. The predicted octanol–water partition coefficient (Wildman–Crippen LogP) is 1.41. The monoisotopic (exact) mass is 243 g/mol. The fourth-order valence-corrected chi connectivity index (χ4v) is 1.75. The summed E-state index contributed by atoms with van der Waals surface area (Å²) in [6, 6.07) is 11.3. The molecule has 18 heavy (non-hydrogen) atoms. The van der Waals surface area contributed by atoms with Crippen LogP contribution < -0.4 is 11.1 Å². The Morgan fingerprint density at radius 1 is 1.28 bits per heavy atom. The first kappa shape index (κ1) is 12.4. The molecule has 0 spiro atoms. The number of benzene rings is 1. The number of hydrogen-bond acceptors (Lipinski definition) is 2. The van der Waals surface area contributed by atoms with Crippen molar-refractivity contribution in [2.45, 2.75) is 13.1 Å².